The van der Waals surface area contributed by atoms with Gasteiger partial charge < -0.3 is 18.8 Å². The van der Waals surface area contributed by atoms with Gasteiger partial charge in [0.1, 0.15) is 11.4 Å². The van der Waals surface area contributed by atoms with Crippen molar-refractivity contribution in [1.29, 1.82) is 0 Å². The lowest BCUT2D eigenvalue weighted by molar-refractivity contribution is 0.0706. The van der Waals surface area contributed by atoms with E-state index in [0.717, 1.165) is 71.8 Å². The van der Waals surface area contributed by atoms with Crippen LogP contribution in [0.2, 0.25) is 10.0 Å². The Bertz CT molecular complexity index is 2380. The van der Waals surface area contributed by atoms with Crippen LogP contribution in [0, 0.1) is 27.7 Å². The molecule has 0 saturated heterocycles. The Balaban J connectivity index is 1.37. The predicted molar refractivity (Wildman–Crippen MR) is 202 cm³/mol. The molecule has 4 heterocycles. The van der Waals surface area contributed by atoms with Gasteiger partial charge in [0.2, 0.25) is 0 Å². The van der Waals surface area contributed by atoms with Crippen molar-refractivity contribution in [3.05, 3.63) is 98.0 Å². The van der Waals surface area contributed by atoms with Crippen LogP contribution in [-0.4, -0.2) is 49.1 Å². The first-order valence-electron chi connectivity index (χ1n) is 16.9. The third-order valence-corrected chi connectivity index (χ3v) is 11.1. The van der Waals surface area contributed by atoms with Crippen LogP contribution in [0.15, 0.2) is 48.7 Å². The second-order valence-corrected chi connectivity index (χ2v) is 14.4. The molecule has 2 N–H and O–H groups in total. The minimum absolute atomic E-state index is 0.140. The topological polar surface area (TPSA) is 107 Å². The summed E-state index contributed by atoms with van der Waals surface area (Å²) in [5.74, 6) is -0.00443. The molecule has 0 bridgehead atoms. The maximum atomic E-state index is 15.0. The van der Waals surface area contributed by atoms with E-state index in [0.29, 0.717) is 42.4 Å². The summed E-state index contributed by atoms with van der Waals surface area (Å²) in [5, 5.41) is 17.1. The lowest BCUT2D eigenvalue weighted by Crippen LogP contribution is -2.42. The number of nitrogens with one attached hydrogen (secondary N) is 1. The van der Waals surface area contributed by atoms with Crippen molar-refractivity contribution in [1.82, 2.24) is 24.4 Å². The molecule has 0 radical (unpaired) electrons. The van der Waals surface area contributed by atoms with Crippen LogP contribution in [-0.2, 0) is 20.5 Å². The number of aromatic nitrogens is 4. The summed E-state index contributed by atoms with van der Waals surface area (Å²) in [6.07, 6.45) is 3.16. The van der Waals surface area contributed by atoms with E-state index < -0.39 is 5.91 Å². The van der Waals surface area contributed by atoms with E-state index in [1.54, 1.807) is 17.6 Å². The summed E-state index contributed by atoms with van der Waals surface area (Å²) in [6.45, 7) is 10.9. The van der Waals surface area contributed by atoms with Crippen molar-refractivity contribution in [2.75, 3.05) is 18.1 Å². The summed E-state index contributed by atoms with van der Waals surface area (Å²) in [7, 11) is 3.83. The van der Waals surface area contributed by atoms with Gasteiger partial charge in [-0.15, -0.1) is 0 Å². The maximum absolute atomic E-state index is 15.0. The molecule has 10 nitrogen and oxygen atoms in total. The molecule has 51 heavy (non-hydrogen) atoms. The van der Waals surface area contributed by atoms with Gasteiger partial charge >= 0.3 is 0 Å². The second kappa shape index (κ2) is 13.1. The van der Waals surface area contributed by atoms with Crippen molar-refractivity contribution in [3.8, 4) is 16.9 Å². The molecule has 1 atom stereocenters. The number of ether oxygens (including phenoxy) is 1. The number of nitrogens with zero attached hydrogens (tertiary/aromatic N) is 5. The third-order valence-electron chi connectivity index (χ3n) is 10.2. The number of carbonyl (C=O) groups is 2. The van der Waals surface area contributed by atoms with Gasteiger partial charge in [0, 0.05) is 76.6 Å². The molecule has 1 aliphatic rings. The zero-order chi connectivity index (χ0) is 36.5. The van der Waals surface area contributed by atoms with Gasteiger partial charge in [0.05, 0.1) is 28.5 Å². The molecule has 7 rings (SSSR count). The van der Waals surface area contributed by atoms with E-state index in [1.165, 1.54) is 0 Å². The van der Waals surface area contributed by atoms with Gasteiger partial charge in [-0.1, -0.05) is 29.3 Å². The largest absolute Gasteiger partial charge is 0.494 e. The summed E-state index contributed by atoms with van der Waals surface area (Å²) in [6, 6.07) is 12.9. The van der Waals surface area contributed by atoms with Crippen LogP contribution < -0.4 is 15.1 Å². The fourth-order valence-corrected chi connectivity index (χ4v) is 8.09. The Labute approximate surface area is 306 Å². The Hall–Kier alpha value is -4.77. The molecule has 6 aromatic rings. The minimum Gasteiger partial charge on any atom is -0.494 e. The average molecular weight is 728 g/mol. The van der Waals surface area contributed by atoms with Gasteiger partial charge in [-0.2, -0.15) is 5.10 Å². The van der Waals surface area contributed by atoms with Crippen molar-refractivity contribution in [2.45, 2.75) is 53.5 Å². The molecule has 0 fully saturated rings. The molecule has 3 aromatic carbocycles. The highest BCUT2D eigenvalue weighted by atomic mass is 35.5. The molecule has 12 heteroatoms. The molecule has 0 unspecified atom stereocenters. The van der Waals surface area contributed by atoms with E-state index in [9.17, 15) is 14.8 Å². The van der Waals surface area contributed by atoms with Crippen LogP contribution in [0.5, 0.6) is 5.75 Å². The smallest absolute Gasteiger partial charge is 0.275 e. The number of hydrogen-bond acceptors (Lipinski definition) is 5. The van der Waals surface area contributed by atoms with Crippen LogP contribution in [0.4, 0.5) is 5.69 Å². The van der Waals surface area contributed by atoms with E-state index in [-0.39, 0.29) is 17.5 Å². The Morgan fingerprint density at radius 1 is 1.02 bits per heavy atom. The Kier molecular flexibility index (Phi) is 8.90. The first-order chi connectivity index (χ1) is 24.3. The van der Waals surface area contributed by atoms with E-state index >= 15 is 0 Å². The first-order valence-corrected chi connectivity index (χ1v) is 17.7. The number of benzene rings is 3. The molecule has 1 aliphatic heterocycles. The number of aryl methyl sites for hydroxylation is 6. The zero-order valence-electron chi connectivity index (χ0n) is 29.7. The summed E-state index contributed by atoms with van der Waals surface area (Å²) in [4.78, 5) is 29.2. The summed E-state index contributed by atoms with van der Waals surface area (Å²) >= 11 is 13.5. The van der Waals surface area contributed by atoms with Gasteiger partial charge in [0.25, 0.3) is 11.8 Å². The Morgan fingerprint density at radius 2 is 1.75 bits per heavy atom. The minimum atomic E-state index is -0.621. The van der Waals surface area contributed by atoms with Crippen LogP contribution in [0.1, 0.15) is 68.3 Å². The van der Waals surface area contributed by atoms with E-state index in [1.807, 2.05) is 92.5 Å². The zero-order valence-corrected chi connectivity index (χ0v) is 31.2. The summed E-state index contributed by atoms with van der Waals surface area (Å²) < 4.78 is 12.2. The van der Waals surface area contributed by atoms with Crippen LogP contribution in [0.3, 0.4) is 0 Å². The SMILES string of the molecule is Cc1cc(OCCCc2c3n(c4c(-c5c(C)nn(C)c5C)c(Cl)ccc24)[C@H](C)CN(c2cn(C)c4ccc(C(=O)NO)cc24)C3=O)cc(C)c1Cl. The number of rotatable bonds is 8. The van der Waals surface area contributed by atoms with Gasteiger partial charge in [-0.05, 0) is 101 Å². The highest BCUT2D eigenvalue weighted by Gasteiger charge is 2.37. The fourth-order valence-electron chi connectivity index (χ4n) is 7.73. The van der Waals surface area contributed by atoms with Crippen molar-refractivity contribution < 1.29 is 19.5 Å². The number of halogens is 2. The fraction of sp³-hybridized carbons (Fsp3) is 0.308. The monoisotopic (exact) mass is 726 g/mol. The molecule has 0 aliphatic carbocycles. The number of hydroxylamine groups is 1. The molecular formula is C39H40Cl2N6O4. The van der Waals surface area contributed by atoms with Gasteiger partial charge in [0.15, 0.2) is 0 Å². The molecule has 3 aromatic heterocycles. The second-order valence-electron chi connectivity index (χ2n) is 13.6. The maximum Gasteiger partial charge on any atom is 0.275 e. The first kappa shape index (κ1) is 34.7. The lowest BCUT2D eigenvalue weighted by Gasteiger charge is -2.34. The van der Waals surface area contributed by atoms with Gasteiger partial charge in [-0.25, -0.2) is 5.48 Å². The predicted octanol–water partition coefficient (Wildman–Crippen LogP) is 8.43. The van der Waals surface area contributed by atoms with Crippen LogP contribution >= 0.6 is 23.2 Å². The van der Waals surface area contributed by atoms with E-state index in [2.05, 4.69) is 11.5 Å². The molecule has 0 saturated carbocycles. The molecular weight excluding hydrogens is 687 g/mol. The number of fused-ring (bicyclic) bond motifs is 4. The quantitative estimate of drug-likeness (QED) is 0.0931. The van der Waals surface area contributed by atoms with Crippen LogP contribution in [0.25, 0.3) is 32.9 Å². The molecule has 2 amide bonds. The number of anilines is 1. The van der Waals surface area contributed by atoms with Crippen molar-refractivity contribution in [2.24, 2.45) is 14.1 Å². The van der Waals surface area contributed by atoms with E-state index in [4.69, 9.17) is 33.0 Å². The Morgan fingerprint density at radius 3 is 2.41 bits per heavy atom. The third kappa shape index (κ3) is 5.66. The number of hydrogen-bond donors (Lipinski definition) is 2. The normalized spacial score (nSPS) is 14.5. The number of amides is 2. The van der Waals surface area contributed by atoms with Crippen molar-refractivity contribution in [3.63, 3.8) is 0 Å². The number of carbonyl (C=O) groups excluding carboxylic acids is 2. The standard InChI is InChI=1S/C39H40Cl2N6O4/c1-20-15-26(16-21(2)35(20)41)51-14-8-9-27-28-11-12-30(40)34(33-23(4)42-45(7)24(33)5)36(28)47-22(3)18-46(39(49)37(27)47)32-19-44(6)31-13-10-25(17-29(31)32)38(48)43-50/h10-13,15-17,19,22,50H,8-9,14,18H2,1-7H3,(H,43,48)/t22-/m1/s1. The van der Waals surface area contributed by atoms with Gasteiger partial charge in [-0.3, -0.25) is 19.5 Å². The molecule has 0 spiro atoms. The highest BCUT2D eigenvalue weighted by molar-refractivity contribution is 6.35. The lowest BCUT2D eigenvalue weighted by atomic mass is 9.98. The molecule has 264 valence electrons. The summed E-state index contributed by atoms with van der Waals surface area (Å²) in [5.41, 5.74) is 11.6. The highest BCUT2D eigenvalue weighted by Crippen LogP contribution is 2.45. The average Bonchev–Trinajstić information content (AvgIpc) is 3.70. The van der Waals surface area contributed by atoms with Crippen molar-refractivity contribution >= 4 is 62.5 Å².